The number of fused-ring (bicyclic) bond motifs is 2. The van der Waals surface area contributed by atoms with Gasteiger partial charge in [0, 0.05) is 42.3 Å². The number of hydrogen-bond acceptors (Lipinski definition) is 3. The minimum absolute atomic E-state index is 0.00383. The predicted octanol–water partition coefficient (Wildman–Crippen LogP) is 5.53. The van der Waals surface area contributed by atoms with Crippen molar-refractivity contribution in [1.29, 1.82) is 5.26 Å². The molecule has 36 heavy (non-hydrogen) atoms. The van der Waals surface area contributed by atoms with Crippen molar-refractivity contribution >= 4 is 22.9 Å². The minimum Gasteiger partial charge on any atom is -0.361 e. The van der Waals surface area contributed by atoms with Crippen LogP contribution < -0.4 is 5.32 Å². The van der Waals surface area contributed by atoms with Crippen LogP contribution in [0.25, 0.3) is 17.0 Å². The van der Waals surface area contributed by atoms with Crippen LogP contribution in [0.4, 0.5) is 0 Å². The highest BCUT2D eigenvalue weighted by molar-refractivity contribution is 5.96. The van der Waals surface area contributed by atoms with Gasteiger partial charge in [-0.1, -0.05) is 17.7 Å². The molecule has 2 heterocycles. The molecular weight excluding hydrogens is 444 g/mol. The van der Waals surface area contributed by atoms with Gasteiger partial charge in [-0.2, -0.15) is 5.26 Å². The van der Waals surface area contributed by atoms with Gasteiger partial charge in [0.1, 0.15) is 0 Å². The van der Waals surface area contributed by atoms with Gasteiger partial charge in [-0.05, 0) is 111 Å². The summed E-state index contributed by atoms with van der Waals surface area (Å²) in [6.07, 6.45) is 13.4. The maximum atomic E-state index is 12.6. The van der Waals surface area contributed by atoms with Crippen LogP contribution in [0.3, 0.4) is 0 Å². The number of carbonyl (C=O) groups is 1. The van der Waals surface area contributed by atoms with E-state index in [0.29, 0.717) is 0 Å². The van der Waals surface area contributed by atoms with Gasteiger partial charge in [-0.25, -0.2) is 0 Å². The number of rotatable bonds is 6. The molecule has 0 unspecified atom stereocenters. The first kappa shape index (κ1) is 24.3. The summed E-state index contributed by atoms with van der Waals surface area (Å²) in [5, 5.41) is 13.6. The van der Waals surface area contributed by atoms with Crippen LogP contribution in [0.2, 0.25) is 0 Å². The number of aromatic nitrogens is 1. The predicted molar refractivity (Wildman–Crippen MR) is 146 cm³/mol. The number of amides is 1. The molecule has 1 fully saturated rings. The zero-order valence-electron chi connectivity index (χ0n) is 21.2. The van der Waals surface area contributed by atoms with Crippen LogP contribution in [0.15, 0.2) is 48.7 Å². The molecule has 2 aromatic carbocycles. The second kappa shape index (κ2) is 11.1. The quantitative estimate of drug-likeness (QED) is 0.456. The molecule has 1 saturated carbocycles. The third-order valence-electron chi connectivity index (χ3n) is 8.06. The number of H-pyrrole nitrogens is 1. The lowest BCUT2D eigenvalue weighted by Gasteiger charge is -2.30. The molecule has 0 radical (unpaired) electrons. The second-order valence-electron chi connectivity index (χ2n) is 10.6. The van der Waals surface area contributed by atoms with Gasteiger partial charge in [0.2, 0.25) is 5.91 Å². The highest BCUT2D eigenvalue weighted by atomic mass is 16.1. The third-order valence-corrected chi connectivity index (χ3v) is 8.06. The van der Waals surface area contributed by atoms with E-state index >= 15 is 0 Å². The van der Waals surface area contributed by atoms with Crippen molar-refractivity contribution in [2.24, 2.45) is 5.92 Å². The Hall–Kier alpha value is -3.36. The Morgan fingerprint density at radius 2 is 1.92 bits per heavy atom. The summed E-state index contributed by atoms with van der Waals surface area (Å²) in [4.78, 5) is 18.4. The maximum Gasteiger partial charge on any atom is 0.244 e. The standard InChI is InChI=1S/C31H36N4O/c1-22-2-10-30-29(18-22)27(21-33-30)7-11-31(36)34-28-8-4-23(5-9-28)12-15-35-16-13-25-6-3-24(20-32)19-26(25)14-17-35/h2-3,6-7,10-11,18-19,21,23,28,33H,4-5,8-9,12-17H2,1H3,(H,34,36)/b11-7+. The molecule has 2 aliphatic rings. The molecule has 5 heteroatoms. The maximum absolute atomic E-state index is 12.6. The van der Waals surface area contributed by atoms with Gasteiger partial charge < -0.3 is 15.2 Å². The number of nitrogens with one attached hydrogen (secondary N) is 2. The van der Waals surface area contributed by atoms with Crippen LogP contribution in [0.1, 0.15) is 59.9 Å². The molecule has 5 rings (SSSR count). The molecule has 0 bridgehead atoms. The molecule has 1 aromatic heterocycles. The smallest absolute Gasteiger partial charge is 0.244 e. The van der Waals surface area contributed by atoms with Crippen LogP contribution in [-0.2, 0) is 17.6 Å². The number of hydrogen-bond donors (Lipinski definition) is 2. The van der Waals surface area contributed by atoms with E-state index in [9.17, 15) is 10.1 Å². The summed E-state index contributed by atoms with van der Waals surface area (Å²) < 4.78 is 0. The molecule has 5 nitrogen and oxygen atoms in total. The monoisotopic (exact) mass is 480 g/mol. The molecule has 3 aromatic rings. The van der Waals surface area contributed by atoms with Gasteiger partial charge in [0.05, 0.1) is 11.6 Å². The summed E-state index contributed by atoms with van der Waals surface area (Å²) in [5.41, 5.74) is 6.89. The van der Waals surface area contributed by atoms with Gasteiger partial charge >= 0.3 is 0 Å². The minimum atomic E-state index is 0.00383. The summed E-state index contributed by atoms with van der Waals surface area (Å²) in [5.74, 6) is 0.753. The van der Waals surface area contributed by atoms with Gasteiger partial charge in [0.25, 0.3) is 0 Å². The Morgan fingerprint density at radius 1 is 1.11 bits per heavy atom. The van der Waals surface area contributed by atoms with Crippen LogP contribution in [0, 0.1) is 24.2 Å². The Labute approximate surface area is 214 Å². The van der Waals surface area contributed by atoms with Crippen LogP contribution in [0.5, 0.6) is 0 Å². The number of nitrogens with zero attached hydrogens (tertiary/aromatic N) is 2. The van der Waals surface area contributed by atoms with E-state index in [2.05, 4.69) is 58.5 Å². The number of carbonyl (C=O) groups excluding carboxylic acids is 1. The van der Waals surface area contributed by atoms with Crippen molar-refractivity contribution in [2.45, 2.75) is 57.9 Å². The number of aromatic amines is 1. The van der Waals surface area contributed by atoms with Crippen molar-refractivity contribution in [3.05, 3.63) is 76.5 Å². The lowest BCUT2D eigenvalue weighted by molar-refractivity contribution is -0.117. The Morgan fingerprint density at radius 3 is 2.72 bits per heavy atom. The highest BCUT2D eigenvalue weighted by Crippen LogP contribution is 2.28. The number of aryl methyl sites for hydroxylation is 1. The SMILES string of the molecule is Cc1ccc2[nH]cc(/C=C/C(=O)NC3CCC(CCN4CCc5ccc(C#N)cc5CC4)CC3)c2c1. The summed E-state index contributed by atoms with van der Waals surface area (Å²) >= 11 is 0. The molecular formula is C31H36N4O. The summed E-state index contributed by atoms with van der Waals surface area (Å²) in [6.45, 7) is 5.41. The molecule has 2 N–H and O–H groups in total. The second-order valence-corrected chi connectivity index (χ2v) is 10.6. The Balaban J connectivity index is 1.04. The third kappa shape index (κ3) is 5.88. The summed E-state index contributed by atoms with van der Waals surface area (Å²) in [7, 11) is 0. The summed E-state index contributed by atoms with van der Waals surface area (Å²) in [6, 6.07) is 15.0. The largest absolute Gasteiger partial charge is 0.361 e. The van der Waals surface area contributed by atoms with Crippen molar-refractivity contribution in [2.75, 3.05) is 19.6 Å². The van der Waals surface area contributed by atoms with Crippen molar-refractivity contribution < 1.29 is 4.79 Å². The van der Waals surface area contributed by atoms with E-state index in [4.69, 9.17) is 0 Å². The van der Waals surface area contributed by atoms with Crippen molar-refractivity contribution in [3.63, 3.8) is 0 Å². The van der Waals surface area contributed by atoms with Crippen LogP contribution in [-0.4, -0.2) is 41.5 Å². The first-order valence-electron chi connectivity index (χ1n) is 13.4. The first-order valence-corrected chi connectivity index (χ1v) is 13.4. The highest BCUT2D eigenvalue weighted by Gasteiger charge is 2.23. The first-order chi connectivity index (χ1) is 17.6. The molecule has 1 aliphatic carbocycles. The molecule has 1 amide bonds. The Kier molecular flexibility index (Phi) is 7.53. The fraction of sp³-hybridized carbons (Fsp3) is 0.419. The van der Waals surface area contributed by atoms with Gasteiger partial charge in [-0.3, -0.25) is 4.79 Å². The fourth-order valence-electron chi connectivity index (χ4n) is 5.83. The van der Waals surface area contributed by atoms with Gasteiger partial charge in [-0.15, -0.1) is 0 Å². The topological polar surface area (TPSA) is 71.9 Å². The molecule has 186 valence electrons. The van der Waals surface area contributed by atoms with Crippen molar-refractivity contribution in [3.8, 4) is 6.07 Å². The van der Waals surface area contributed by atoms with E-state index in [1.54, 1.807) is 6.08 Å². The zero-order chi connectivity index (χ0) is 24.9. The molecule has 0 saturated heterocycles. The Bertz CT molecular complexity index is 1290. The van der Waals surface area contributed by atoms with E-state index < -0.39 is 0 Å². The van der Waals surface area contributed by atoms with E-state index in [0.717, 1.165) is 73.3 Å². The number of benzene rings is 2. The van der Waals surface area contributed by atoms with E-state index in [1.165, 1.54) is 36.0 Å². The average Bonchev–Trinajstić information content (AvgIpc) is 3.18. The van der Waals surface area contributed by atoms with Gasteiger partial charge in [0.15, 0.2) is 0 Å². The van der Waals surface area contributed by atoms with E-state index in [1.807, 2.05) is 18.3 Å². The lowest BCUT2D eigenvalue weighted by Crippen LogP contribution is -2.37. The lowest BCUT2D eigenvalue weighted by atomic mass is 9.84. The molecule has 1 aliphatic heterocycles. The fourth-order valence-corrected chi connectivity index (χ4v) is 5.83. The molecule has 0 spiro atoms. The zero-order valence-corrected chi connectivity index (χ0v) is 21.2. The normalized spacial score (nSPS) is 20.7. The molecule has 0 atom stereocenters. The average molecular weight is 481 g/mol. The number of nitriles is 1. The van der Waals surface area contributed by atoms with Crippen molar-refractivity contribution in [1.82, 2.24) is 15.2 Å². The van der Waals surface area contributed by atoms with E-state index in [-0.39, 0.29) is 11.9 Å². The van der Waals surface area contributed by atoms with Crippen LogP contribution >= 0.6 is 0 Å².